The fraction of sp³-hybridized carbons (Fsp3) is 0.714. The molecule has 3 nitrogen and oxygen atoms in total. The van der Waals surface area contributed by atoms with E-state index in [9.17, 15) is 0 Å². The summed E-state index contributed by atoms with van der Waals surface area (Å²) in [5, 5.41) is 3.50. The summed E-state index contributed by atoms with van der Waals surface area (Å²) in [6, 6.07) is 1.99. The molecule has 0 amide bonds. The fourth-order valence-electron chi connectivity index (χ4n) is 2.51. The zero-order valence-electron chi connectivity index (χ0n) is 10.6. The second-order valence-electron chi connectivity index (χ2n) is 5.68. The molecule has 2 fully saturated rings. The normalized spacial score (nSPS) is 21.2. The molecule has 0 unspecified atom stereocenters. The minimum Gasteiger partial charge on any atom is -0.369 e. The maximum Gasteiger partial charge on any atom is 0.133 e. The van der Waals surface area contributed by atoms with Gasteiger partial charge in [-0.3, -0.25) is 0 Å². The first kappa shape index (κ1) is 11.0. The Morgan fingerprint density at radius 2 is 2.24 bits per heavy atom. The number of hydrogen-bond donors (Lipinski definition) is 1. The molecular formula is C14H21N3. The van der Waals surface area contributed by atoms with E-state index in [4.69, 9.17) is 0 Å². The van der Waals surface area contributed by atoms with Gasteiger partial charge in [0.15, 0.2) is 0 Å². The summed E-state index contributed by atoms with van der Waals surface area (Å²) in [5.41, 5.74) is 0.583. The van der Waals surface area contributed by atoms with Crippen molar-refractivity contribution >= 4 is 5.82 Å². The maximum atomic E-state index is 4.60. The van der Waals surface area contributed by atoms with Gasteiger partial charge in [-0.05, 0) is 43.6 Å². The fourth-order valence-corrected chi connectivity index (χ4v) is 2.51. The molecule has 1 heterocycles. The van der Waals surface area contributed by atoms with Gasteiger partial charge < -0.3 is 5.32 Å². The molecule has 3 heteroatoms. The first-order chi connectivity index (χ1) is 8.31. The first-order valence-corrected chi connectivity index (χ1v) is 6.88. The lowest BCUT2D eigenvalue weighted by molar-refractivity contribution is 0.485. The van der Waals surface area contributed by atoms with Crippen LogP contribution in [0.15, 0.2) is 12.3 Å². The standard InChI is InChI=1S/C14H21N3/c1-2-6-14(7-8-14)10-16-12-5-9-15-13(17-12)11-3-4-11/h5,9,11H,2-4,6-8,10H2,1H3,(H,15,16,17). The molecule has 2 saturated carbocycles. The zero-order valence-corrected chi connectivity index (χ0v) is 10.6. The van der Waals surface area contributed by atoms with Crippen LogP contribution >= 0.6 is 0 Å². The van der Waals surface area contributed by atoms with E-state index in [0.29, 0.717) is 11.3 Å². The number of nitrogens with zero attached hydrogens (tertiary/aromatic N) is 2. The van der Waals surface area contributed by atoms with Crippen LogP contribution in [0.2, 0.25) is 0 Å². The van der Waals surface area contributed by atoms with E-state index in [0.717, 1.165) is 18.2 Å². The Balaban J connectivity index is 1.59. The third-order valence-corrected chi connectivity index (χ3v) is 4.00. The van der Waals surface area contributed by atoms with Gasteiger partial charge in [0.2, 0.25) is 0 Å². The highest BCUT2D eigenvalue weighted by Crippen LogP contribution is 2.49. The highest BCUT2D eigenvalue weighted by Gasteiger charge is 2.41. The Bertz CT molecular complexity index is 394. The molecule has 0 aromatic carbocycles. The number of hydrogen-bond acceptors (Lipinski definition) is 3. The molecule has 0 aliphatic heterocycles. The van der Waals surface area contributed by atoms with Crippen molar-refractivity contribution in [2.75, 3.05) is 11.9 Å². The van der Waals surface area contributed by atoms with Gasteiger partial charge in [0.05, 0.1) is 0 Å². The SMILES string of the molecule is CCCC1(CNc2ccnc(C3CC3)n2)CC1. The highest BCUT2D eigenvalue weighted by atomic mass is 15.0. The molecule has 0 radical (unpaired) electrons. The number of anilines is 1. The van der Waals surface area contributed by atoms with Crippen molar-refractivity contribution in [3.05, 3.63) is 18.1 Å². The molecule has 92 valence electrons. The van der Waals surface area contributed by atoms with Crippen LogP contribution in [0.4, 0.5) is 5.82 Å². The van der Waals surface area contributed by atoms with Gasteiger partial charge in [-0.1, -0.05) is 13.3 Å². The van der Waals surface area contributed by atoms with Gasteiger partial charge >= 0.3 is 0 Å². The van der Waals surface area contributed by atoms with Crippen LogP contribution in [0, 0.1) is 5.41 Å². The second kappa shape index (κ2) is 4.28. The van der Waals surface area contributed by atoms with Crippen LogP contribution in [0.5, 0.6) is 0 Å². The highest BCUT2D eigenvalue weighted by molar-refractivity contribution is 5.34. The minimum atomic E-state index is 0.583. The van der Waals surface area contributed by atoms with E-state index in [-0.39, 0.29) is 0 Å². The quantitative estimate of drug-likeness (QED) is 0.816. The first-order valence-electron chi connectivity index (χ1n) is 6.88. The molecule has 1 N–H and O–H groups in total. The molecule has 0 spiro atoms. The number of rotatable bonds is 6. The lowest BCUT2D eigenvalue weighted by atomic mass is 10.0. The average Bonchev–Trinajstić information content (AvgIpc) is 3.23. The summed E-state index contributed by atoms with van der Waals surface area (Å²) in [6.07, 6.45) is 9.83. The largest absolute Gasteiger partial charge is 0.369 e. The van der Waals surface area contributed by atoms with Gasteiger partial charge in [0.25, 0.3) is 0 Å². The van der Waals surface area contributed by atoms with Gasteiger partial charge in [0, 0.05) is 18.7 Å². The molecule has 17 heavy (non-hydrogen) atoms. The van der Waals surface area contributed by atoms with Crippen molar-refractivity contribution in [3.8, 4) is 0 Å². The Morgan fingerprint density at radius 3 is 2.88 bits per heavy atom. The molecule has 1 aromatic heterocycles. The molecule has 0 saturated heterocycles. The van der Waals surface area contributed by atoms with Crippen molar-refractivity contribution in [2.24, 2.45) is 5.41 Å². The topological polar surface area (TPSA) is 37.8 Å². The van der Waals surface area contributed by atoms with Gasteiger partial charge in [-0.2, -0.15) is 0 Å². The van der Waals surface area contributed by atoms with Crippen LogP contribution in [-0.4, -0.2) is 16.5 Å². The molecule has 1 aromatic rings. The summed E-state index contributed by atoms with van der Waals surface area (Å²) in [4.78, 5) is 8.95. The predicted octanol–water partition coefficient (Wildman–Crippen LogP) is 3.35. The Morgan fingerprint density at radius 1 is 1.41 bits per heavy atom. The Labute approximate surface area is 103 Å². The van der Waals surface area contributed by atoms with E-state index in [1.165, 1.54) is 38.5 Å². The maximum absolute atomic E-state index is 4.60. The summed E-state index contributed by atoms with van der Waals surface area (Å²) >= 11 is 0. The molecule has 0 bridgehead atoms. The second-order valence-corrected chi connectivity index (χ2v) is 5.68. The monoisotopic (exact) mass is 231 g/mol. The van der Waals surface area contributed by atoms with Crippen LogP contribution in [0.3, 0.4) is 0 Å². The summed E-state index contributed by atoms with van der Waals surface area (Å²) < 4.78 is 0. The van der Waals surface area contributed by atoms with E-state index in [1.807, 2.05) is 12.3 Å². The lowest BCUT2D eigenvalue weighted by Gasteiger charge is -2.15. The number of aromatic nitrogens is 2. The van der Waals surface area contributed by atoms with Gasteiger partial charge in [-0.25, -0.2) is 9.97 Å². The van der Waals surface area contributed by atoms with Crippen molar-refractivity contribution < 1.29 is 0 Å². The van der Waals surface area contributed by atoms with E-state index >= 15 is 0 Å². The van der Waals surface area contributed by atoms with Crippen LogP contribution in [0.25, 0.3) is 0 Å². The minimum absolute atomic E-state index is 0.583. The molecular weight excluding hydrogens is 210 g/mol. The predicted molar refractivity (Wildman–Crippen MR) is 69.1 cm³/mol. The van der Waals surface area contributed by atoms with Crippen LogP contribution < -0.4 is 5.32 Å². The van der Waals surface area contributed by atoms with Crippen LogP contribution in [0.1, 0.15) is 57.2 Å². The summed E-state index contributed by atoms with van der Waals surface area (Å²) in [7, 11) is 0. The average molecular weight is 231 g/mol. The lowest BCUT2D eigenvalue weighted by Crippen LogP contribution is -2.16. The molecule has 3 rings (SSSR count). The zero-order chi connectivity index (χ0) is 11.7. The Hall–Kier alpha value is -1.12. The van der Waals surface area contributed by atoms with Crippen molar-refractivity contribution in [3.63, 3.8) is 0 Å². The van der Waals surface area contributed by atoms with E-state index < -0.39 is 0 Å². The van der Waals surface area contributed by atoms with Crippen LogP contribution in [-0.2, 0) is 0 Å². The third-order valence-electron chi connectivity index (χ3n) is 4.00. The smallest absolute Gasteiger partial charge is 0.133 e. The van der Waals surface area contributed by atoms with Gasteiger partial charge in [-0.15, -0.1) is 0 Å². The summed E-state index contributed by atoms with van der Waals surface area (Å²) in [6.45, 7) is 3.36. The Kier molecular flexibility index (Phi) is 2.77. The number of nitrogens with one attached hydrogen (secondary N) is 1. The molecule has 2 aliphatic carbocycles. The van der Waals surface area contributed by atoms with E-state index in [1.54, 1.807) is 0 Å². The summed E-state index contributed by atoms with van der Waals surface area (Å²) in [5.74, 6) is 2.70. The van der Waals surface area contributed by atoms with Crippen molar-refractivity contribution in [1.82, 2.24) is 9.97 Å². The molecule has 0 atom stereocenters. The van der Waals surface area contributed by atoms with Crippen molar-refractivity contribution in [1.29, 1.82) is 0 Å². The molecule has 2 aliphatic rings. The van der Waals surface area contributed by atoms with Crippen molar-refractivity contribution in [2.45, 2.75) is 51.4 Å². The van der Waals surface area contributed by atoms with E-state index in [2.05, 4.69) is 22.2 Å². The third kappa shape index (κ3) is 2.59. The van der Waals surface area contributed by atoms with Gasteiger partial charge in [0.1, 0.15) is 11.6 Å².